The third-order valence-corrected chi connectivity index (χ3v) is 5.39. The van der Waals surface area contributed by atoms with Gasteiger partial charge in [-0.15, -0.1) is 0 Å². The first-order valence-electron chi connectivity index (χ1n) is 10.8. The number of aromatic nitrogens is 7. The number of nitrogens with two attached hydrogens (primary N) is 1. The van der Waals surface area contributed by atoms with Gasteiger partial charge in [0.1, 0.15) is 16.5 Å². The largest absolute Gasteiger partial charge is 0.477 e. The van der Waals surface area contributed by atoms with Crippen LogP contribution in [0.25, 0.3) is 22.6 Å². The van der Waals surface area contributed by atoms with Crippen LogP contribution in [-0.4, -0.2) is 47.2 Å². The molecule has 0 aliphatic rings. The Labute approximate surface area is 205 Å². The number of hydrogen-bond donors (Lipinski definition) is 2. The fraction of sp³-hybridized carbons (Fsp3) is 0.318. The molecule has 0 saturated carbocycles. The number of halogens is 3. The molecular weight excluding hydrogens is 480 g/mol. The molecule has 0 aliphatic carbocycles. The van der Waals surface area contributed by atoms with Gasteiger partial charge in [-0.1, -0.05) is 11.6 Å². The van der Waals surface area contributed by atoms with Crippen molar-refractivity contribution in [2.75, 3.05) is 17.7 Å². The Hall–Kier alpha value is -3.80. The van der Waals surface area contributed by atoms with E-state index in [9.17, 15) is 8.78 Å². The Bertz CT molecular complexity index is 1290. The van der Waals surface area contributed by atoms with Gasteiger partial charge in [0.25, 0.3) is 0 Å². The van der Waals surface area contributed by atoms with Crippen molar-refractivity contribution in [3.05, 3.63) is 48.1 Å². The highest BCUT2D eigenvalue weighted by Gasteiger charge is 2.17. The number of hydrogen-bond acceptors (Lipinski definition) is 8. The molecule has 0 saturated heterocycles. The van der Waals surface area contributed by atoms with Crippen LogP contribution in [0.1, 0.15) is 26.3 Å². The topological polar surface area (TPSA) is 122 Å². The molecule has 0 aromatic carbocycles. The molecule has 0 bridgehead atoms. The van der Waals surface area contributed by atoms with Crippen molar-refractivity contribution >= 4 is 23.1 Å². The summed E-state index contributed by atoms with van der Waals surface area (Å²) >= 11 is 6.07. The van der Waals surface area contributed by atoms with Crippen molar-refractivity contribution in [3.63, 3.8) is 0 Å². The molecule has 184 valence electrons. The van der Waals surface area contributed by atoms with E-state index < -0.39 is 6.55 Å². The number of nitrogens with one attached hydrogen (secondary N) is 1. The summed E-state index contributed by atoms with van der Waals surface area (Å²) < 4.78 is 34.0. The molecule has 13 heteroatoms. The van der Waals surface area contributed by atoms with E-state index in [0.29, 0.717) is 51.3 Å². The zero-order valence-corrected chi connectivity index (χ0v) is 19.8. The number of nitrogens with zero attached hydrogens (tertiary/aromatic N) is 7. The molecule has 0 fully saturated rings. The average Bonchev–Trinajstić information content (AvgIpc) is 3.44. The summed E-state index contributed by atoms with van der Waals surface area (Å²) in [5.41, 5.74) is 8.04. The van der Waals surface area contributed by atoms with Crippen molar-refractivity contribution in [3.8, 4) is 28.5 Å². The maximum Gasteiger partial charge on any atom is 0.333 e. The monoisotopic (exact) mass is 503 g/mol. The summed E-state index contributed by atoms with van der Waals surface area (Å²) in [7, 11) is 1.78. The maximum absolute atomic E-state index is 12.9. The fourth-order valence-electron chi connectivity index (χ4n) is 3.49. The number of pyridine rings is 1. The van der Waals surface area contributed by atoms with Crippen LogP contribution in [0.15, 0.2) is 43.0 Å². The number of anilines is 2. The number of ether oxygens (including phenoxy) is 1. The lowest BCUT2D eigenvalue weighted by Gasteiger charge is -2.18. The van der Waals surface area contributed by atoms with Gasteiger partial charge in [-0.25, -0.2) is 24.3 Å². The third-order valence-electron chi connectivity index (χ3n) is 5.18. The van der Waals surface area contributed by atoms with Crippen LogP contribution >= 0.6 is 11.6 Å². The minimum Gasteiger partial charge on any atom is -0.477 e. The number of nitrogen functional groups attached to an aromatic ring is 1. The van der Waals surface area contributed by atoms with Crippen molar-refractivity contribution in [1.82, 2.24) is 34.5 Å². The molecule has 0 aliphatic heterocycles. The van der Waals surface area contributed by atoms with Gasteiger partial charge in [-0.3, -0.25) is 0 Å². The summed E-state index contributed by atoms with van der Waals surface area (Å²) in [5, 5.41) is 11.8. The third kappa shape index (κ3) is 5.83. The number of aryl methyl sites for hydroxylation is 1. The van der Waals surface area contributed by atoms with E-state index in [1.54, 1.807) is 36.3 Å². The lowest BCUT2D eigenvalue weighted by Crippen LogP contribution is -2.17. The first-order valence-corrected chi connectivity index (χ1v) is 11.2. The molecular formula is C22H24ClF2N9O. The van der Waals surface area contributed by atoms with Crippen LogP contribution in [0, 0.1) is 0 Å². The van der Waals surface area contributed by atoms with Gasteiger partial charge < -0.3 is 15.8 Å². The van der Waals surface area contributed by atoms with E-state index in [-0.39, 0.29) is 11.2 Å². The quantitative estimate of drug-likeness (QED) is 0.241. The lowest BCUT2D eigenvalue weighted by molar-refractivity contribution is 0.0568. The van der Waals surface area contributed by atoms with E-state index in [2.05, 4.69) is 30.5 Å². The SMILES string of the molecule is CC(CCCOc1c(-c2nccc(N)n2)cnn1C)Nc1cc(Cl)ncc1-c1ccn(C(F)F)n1. The van der Waals surface area contributed by atoms with E-state index in [4.69, 9.17) is 22.1 Å². The second-order valence-corrected chi connectivity index (χ2v) is 8.23. The molecule has 35 heavy (non-hydrogen) atoms. The van der Waals surface area contributed by atoms with Crippen LogP contribution in [0.4, 0.5) is 20.3 Å². The zero-order chi connectivity index (χ0) is 24.9. The standard InChI is InChI=1S/C22H24ClF2N9O/c1-13(30-17-10-18(23)28-11-14(17)16-6-8-34(32-16)22(24)25)4-3-9-35-21-15(12-29-33(21)2)20-27-7-5-19(26)31-20/h5-8,10-13,22H,3-4,9H2,1-2H3,(H,28,30)(H2,26,27,31). The predicted octanol–water partition coefficient (Wildman–Crippen LogP) is 4.43. The highest BCUT2D eigenvalue weighted by Crippen LogP contribution is 2.30. The van der Waals surface area contributed by atoms with Gasteiger partial charge in [-0.05, 0) is 38.0 Å². The number of alkyl halides is 2. The Balaban J connectivity index is 1.37. The van der Waals surface area contributed by atoms with Crippen LogP contribution < -0.4 is 15.8 Å². The minimum absolute atomic E-state index is 0.0243. The van der Waals surface area contributed by atoms with Crippen LogP contribution in [0.3, 0.4) is 0 Å². The normalized spacial score (nSPS) is 12.2. The predicted molar refractivity (Wildman–Crippen MR) is 128 cm³/mol. The van der Waals surface area contributed by atoms with Crippen molar-refractivity contribution in [2.45, 2.75) is 32.4 Å². The van der Waals surface area contributed by atoms with E-state index in [1.807, 2.05) is 6.92 Å². The second-order valence-electron chi connectivity index (χ2n) is 7.84. The summed E-state index contributed by atoms with van der Waals surface area (Å²) in [5.74, 6) is 1.36. The Morgan fingerprint density at radius 3 is 2.77 bits per heavy atom. The Morgan fingerprint density at radius 1 is 1.20 bits per heavy atom. The zero-order valence-electron chi connectivity index (χ0n) is 19.1. The number of rotatable bonds is 10. The highest BCUT2D eigenvalue weighted by atomic mass is 35.5. The molecule has 1 atom stereocenters. The molecule has 1 unspecified atom stereocenters. The van der Waals surface area contributed by atoms with E-state index in [1.165, 1.54) is 18.5 Å². The fourth-order valence-corrected chi connectivity index (χ4v) is 3.65. The summed E-state index contributed by atoms with van der Waals surface area (Å²) in [6.07, 6.45) is 7.44. The van der Waals surface area contributed by atoms with Crippen molar-refractivity contribution in [1.29, 1.82) is 0 Å². The smallest absolute Gasteiger partial charge is 0.333 e. The maximum atomic E-state index is 12.9. The molecule has 0 radical (unpaired) electrons. The molecule has 4 rings (SSSR count). The molecule has 3 N–H and O–H groups in total. The summed E-state index contributed by atoms with van der Waals surface area (Å²) in [6, 6.07) is 4.80. The first-order chi connectivity index (χ1) is 16.8. The highest BCUT2D eigenvalue weighted by molar-refractivity contribution is 6.29. The van der Waals surface area contributed by atoms with E-state index in [0.717, 1.165) is 12.8 Å². The summed E-state index contributed by atoms with van der Waals surface area (Å²) in [4.78, 5) is 12.5. The molecule has 0 spiro atoms. The van der Waals surface area contributed by atoms with Crippen LogP contribution in [-0.2, 0) is 7.05 Å². The van der Waals surface area contributed by atoms with Gasteiger partial charge in [0.05, 0.1) is 18.5 Å². The minimum atomic E-state index is -2.72. The Morgan fingerprint density at radius 2 is 2.03 bits per heavy atom. The second kappa shape index (κ2) is 10.6. The van der Waals surface area contributed by atoms with E-state index >= 15 is 0 Å². The van der Waals surface area contributed by atoms with Gasteiger partial charge >= 0.3 is 6.55 Å². The van der Waals surface area contributed by atoms with Gasteiger partial charge in [0.15, 0.2) is 5.82 Å². The average molecular weight is 504 g/mol. The molecule has 4 aromatic rings. The molecule has 10 nitrogen and oxygen atoms in total. The molecule has 4 aromatic heterocycles. The molecule has 4 heterocycles. The van der Waals surface area contributed by atoms with Crippen molar-refractivity contribution < 1.29 is 13.5 Å². The van der Waals surface area contributed by atoms with Gasteiger partial charge in [-0.2, -0.15) is 19.0 Å². The lowest BCUT2D eigenvalue weighted by atomic mass is 10.1. The molecule has 0 amide bonds. The van der Waals surface area contributed by atoms with Gasteiger partial charge in [0, 0.05) is 42.9 Å². The summed E-state index contributed by atoms with van der Waals surface area (Å²) in [6.45, 7) is -0.277. The van der Waals surface area contributed by atoms with Crippen LogP contribution in [0.5, 0.6) is 5.88 Å². The Kier molecular flexibility index (Phi) is 7.39. The van der Waals surface area contributed by atoms with Crippen molar-refractivity contribution in [2.24, 2.45) is 7.05 Å². The first kappa shape index (κ1) is 24.3. The van der Waals surface area contributed by atoms with Crippen LogP contribution in [0.2, 0.25) is 5.15 Å². The van der Waals surface area contributed by atoms with Gasteiger partial charge in [0.2, 0.25) is 5.88 Å².